The Hall–Kier alpha value is -1.26. The molecule has 1 unspecified atom stereocenters. The number of nitrogens with one attached hydrogen (secondary N) is 1. The number of aliphatic hydroxyl groups excluding tert-OH is 1. The van der Waals surface area contributed by atoms with Crippen molar-refractivity contribution in [2.24, 2.45) is 0 Å². The second-order valence-electron chi connectivity index (χ2n) is 3.91. The fourth-order valence-electron chi connectivity index (χ4n) is 1.52. The highest BCUT2D eigenvalue weighted by Gasteiger charge is 2.10. The molecule has 1 rings (SSSR count). The lowest BCUT2D eigenvalue weighted by Gasteiger charge is -2.13. The molecule has 1 amide bonds. The first-order valence-electron chi connectivity index (χ1n) is 5.91. The lowest BCUT2D eigenvalue weighted by molar-refractivity contribution is -0.121. The normalized spacial score (nSPS) is 12.0. The molecular weight excluding hydrogens is 254 g/mol. The van der Waals surface area contributed by atoms with E-state index in [9.17, 15) is 9.90 Å². The quantitative estimate of drug-likeness (QED) is 0.835. The molecule has 18 heavy (non-hydrogen) atoms. The molecule has 0 saturated heterocycles. The third-order valence-electron chi connectivity index (χ3n) is 2.38. The number of carbonyl (C=O) groups excluding carboxylic acids is 1. The molecule has 0 aliphatic rings. The Labute approximate surface area is 112 Å². The molecule has 5 heteroatoms. The molecule has 0 aliphatic heterocycles. The van der Waals surface area contributed by atoms with Crippen LogP contribution in [0.3, 0.4) is 0 Å². The Morgan fingerprint density at radius 3 is 2.89 bits per heavy atom. The second kappa shape index (κ2) is 7.24. The minimum atomic E-state index is -0.664. The van der Waals surface area contributed by atoms with E-state index in [2.05, 4.69) is 5.32 Å². The van der Waals surface area contributed by atoms with E-state index in [4.69, 9.17) is 16.3 Å². The highest BCUT2D eigenvalue weighted by atomic mass is 35.5. The number of carbonyl (C=O) groups is 1. The van der Waals surface area contributed by atoms with Crippen LogP contribution in [0.4, 0.5) is 0 Å². The maximum atomic E-state index is 11.2. The van der Waals surface area contributed by atoms with Gasteiger partial charge in [0.05, 0.1) is 19.1 Å². The van der Waals surface area contributed by atoms with Crippen LogP contribution in [0.15, 0.2) is 18.2 Å². The molecule has 0 heterocycles. The molecular formula is C13H18ClNO3. The van der Waals surface area contributed by atoms with Crippen molar-refractivity contribution in [1.29, 1.82) is 0 Å². The Balaban J connectivity index is 2.59. The van der Waals surface area contributed by atoms with Crippen LogP contribution in [0.5, 0.6) is 5.75 Å². The molecule has 1 aromatic carbocycles. The topological polar surface area (TPSA) is 58.6 Å². The van der Waals surface area contributed by atoms with Crippen LogP contribution >= 0.6 is 11.6 Å². The molecule has 0 saturated carbocycles. The number of rotatable bonds is 6. The van der Waals surface area contributed by atoms with E-state index >= 15 is 0 Å². The predicted octanol–water partition coefficient (Wildman–Crippen LogP) is 2.30. The van der Waals surface area contributed by atoms with Crippen LogP contribution in [0, 0.1) is 0 Å². The zero-order valence-corrected chi connectivity index (χ0v) is 11.3. The lowest BCUT2D eigenvalue weighted by Crippen LogP contribution is -2.24. The van der Waals surface area contributed by atoms with Gasteiger partial charge in [-0.05, 0) is 32.0 Å². The van der Waals surface area contributed by atoms with Gasteiger partial charge >= 0.3 is 0 Å². The van der Waals surface area contributed by atoms with Gasteiger partial charge in [-0.3, -0.25) is 4.79 Å². The van der Waals surface area contributed by atoms with Gasteiger partial charge in [-0.15, -0.1) is 0 Å². The van der Waals surface area contributed by atoms with Crippen molar-refractivity contribution < 1.29 is 14.6 Å². The van der Waals surface area contributed by atoms with Gasteiger partial charge in [0.15, 0.2) is 0 Å². The molecule has 1 aromatic rings. The molecule has 100 valence electrons. The minimum Gasteiger partial charge on any atom is -0.493 e. The summed E-state index contributed by atoms with van der Waals surface area (Å²) in [6.45, 7) is 4.39. The van der Waals surface area contributed by atoms with E-state index in [1.54, 1.807) is 25.1 Å². The first-order chi connectivity index (χ1) is 8.54. The summed E-state index contributed by atoms with van der Waals surface area (Å²) in [5.41, 5.74) is 0.624. The van der Waals surface area contributed by atoms with E-state index in [0.29, 0.717) is 22.9 Å². The molecule has 0 aromatic heterocycles. The Morgan fingerprint density at radius 2 is 2.28 bits per heavy atom. The van der Waals surface area contributed by atoms with Crippen LogP contribution in [-0.2, 0) is 4.79 Å². The van der Waals surface area contributed by atoms with Crippen LogP contribution in [0.1, 0.15) is 31.9 Å². The number of hydrogen-bond donors (Lipinski definition) is 2. The molecule has 0 radical (unpaired) electrons. The van der Waals surface area contributed by atoms with E-state index in [1.165, 1.54) is 0 Å². The fraction of sp³-hybridized carbons (Fsp3) is 0.462. The summed E-state index contributed by atoms with van der Waals surface area (Å²) in [6, 6.07) is 5.05. The van der Waals surface area contributed by atoms with Gasteiger partial charge in [0.2, 0.25) is 5.91 Å². The molecule has 0 aliphatic carbocycles. The number of ether oxygens (including phenoxy) is 1. The Kier molecular flexibility index (Phi) is 5.95. The first kappa shape index (κ1) is 14.8. The van der Waals surface area contributed by atoms with Gasteiger partial charge in [-0.2, -0.15) is 0 Å². The van der Waals surface area contributed by atoms with Crippen molar-refractivity contribution >= 4 is 17.5 Å². The molecule has 0 fully saturated rings. The Bertz CT molecular complexity index is 407. The summed E-state index contributed by atoms with van der Waals surface area (Å²) in [5.74, 6) is 0.503. The van der Waals surface area contributed by atoms with Crippen molar-refractivity contribution in [3.8, 4) is 5.75 Å². The number of aliphatic hydroxyl groups is 1. The van der Waals surface area contributed by atoms with Crippen molar-refractivity contribution in [2.45, 2.75) is 26.4 Å². The zero-order valence-electron chi connectivity index (χ0n) is 10.6. The average Bonchev–Trinajstić information content (AvgIpc) is 2.31. The maximum Gasteiger partial charge on any atom is 0.223 e. The largest absolute Gasteiger partial charge is 0.493 e. The highest BCUT2D eigenvalue weighted by Crippen LogP contribution is 2.28. The van der Waals surface area contributed by atoms with Gasteiger partial charge in [0.1, 0.15) is 5.75 Å². The summed E-state index contributed by atoms with van der Waals surface area (Å²) in [7, 11) is 0. The van der Waals surface area contributed by atoms with Crippen LogP contribution < -0.4 is 10.1 Å². The summed E-state index contributed by atoms with van der Waals surface area (Å²) in [5, 5.41) is 12.8. The van der Waals surface area contributed by atoms with Gasteiger partial charge in [0, 0.05) is 17.1 Å². The Morgan fingerprint density at radius 1 is 1.56 bits per heavy atom. The molecule has 2 N–H and O–H groups in total. The predicted molar refractivity (Wildman–Crippen MR) is 70.9 cm³/mol. The summed E-state index contributed by atoms with van der Waals surface area (Å²) < 4.78 is 5.49. The SMILES string of the molecule is CCNC(=O)CCOc1ccc(Cl)cc1C(C)O. The smallest absolute Gasteiger partial charge is 0.223 e. The zero-order chi connectivity index (χ0) is 13.5. The number of amides is 1. The molecule has 0 bridgehead atoms. The van der Waals surface area contributed by atoms with Gasteiger partial charge in [-0.25, -0.2) is 0 Å². The summed E-state index contributed by atoms with van der Waals surface area (Å²) in [6.07, 6.45) is -0.376. The summed E-state index contributed by atoms with van der Waals surface area (Å²) >= 11 is 5.86. The maximum absolute atomic E-state index is 11.2. The number of hydrogen-bond acceptors (Lipinski definition) is 3. The van der Waals surface area contributed by atoms with E-state index < -0.39 is 6.10 Å². The molecule has 1 atom stereocenters. The van der Waals surface area contributed by atoms with Crippen molar-refractivity contribution in [3.05, 3.63) is 28.8 Å². The first-order valence-corrected chi connectivity index (χ1v) is 6.29. The molecule has 0 spiro atoms. The monoisotopic (exact) mass is 271 g/mol. The third kappa shape index (κ3) is 4.55. The van der Waals surface area contributed by atoms with Crippen LogP contribution in [-0.4, -0.2) is 24.2 Å². The molecule has 4 nitrogen and oxygen atoms in total. The van der Waals surface area contributed by atoms with Crippen LogP contribution in [0.2, 0.25) is 5.02 Å². The summed E-state index contributed by atoms with van der Waals surface area (Å²) in [4.78, 5) is 11.2. The van der Waals surface area contributed by atoms with E-state index in [1.807, 2.05) is 6.92 Å². The average molecular weight is 272 g/mol. The van der Waals surface area contributed by atoms with Crippen molar-refractivity contribution in [2.75, 3.05) is 13.2 Å². The number of benzene rings is 1. The van der Waals surface area contributed by atoms with Gasteiger partial charge in [0.25, 0.3) is 0 Å². The fourth-order valence-corrected chi connectivity index (χ4v) is 1.70. The van der Waals surface area contributed by atoms with Crippen LogP contribution in [0.25, 0.3) is 0 Å². The standard InChI is InChI=1S/C13H18ClNO3/c1-3-15-13(17)6-7-18-12-5-4-10(14)8-11(12)9(2)16/h4-5,8-9,16H,3,6-7H2,1-2H3,(H,15,17). The number of halogens is 1. The lowest BCUT2D eigenvalue weighted by atomic mass is 10.1. The minimum absolute atomic E-state index is 0.0509. The van der Waals surface area contributed by atoms with Crippen molar-refractivity contribution in [1.82, 2.24) is 5.32 Å². The third-order valence-corrected chi connectivity index (χ3v) is 2.62. The van der Waals surface area contributed by atoms with E-state index in [-0.39, 0.29) is 18.9 Å². The van der Waals surface area contributed by atoms with Gasteiger partial charge < -0.3 is 15.2 Å². The van der Waals surface area contributed by atoms with Crippen molar-refractivity contribution in [3.63, 3.8) is 0 Å². The highest BCUT2D eigenvalue weighted by molar-refractivity contribution is 6.30. The van der Waals surface area contributed by atoms with E-state index in [0.717, 1.165) is 0 Å². The second-order valence-corrected chi connectivity index (χ2v) is 4.35. The van der Waals surface area contributed by atoms with Gasteiger partial charge in [-0.1, -0.05) is 11.6 Å².